The number of para-hydroxylation sites is 1. The van der Waals surface area contributed by atoms with E-state index in [4.69, 9.17) is 16.3 Å². The summed E-state index contributed by atoms with van der Waals surface area (Å²) in [5, 5.41) is 12.8. The predicted octanol–water partition coefficient (Wildman–Crippen LogP) is 5.77. The first-order valence-electron chi connectivity index (χ1n) is 9.02. The van der Waals surface area contributed by atoms with Gasteiger partial charge in [-0.3, -0.25) is 4.79 Å². The quantitative estimate of drug-likeness (QED) is 0.420. The highest BCUT2D eigenvalue weighted by Crippen LogP contribution is 2.24. The molecule has 3 aromatic rings. The van der Waals surface area contributed by atoms with E-state index in [9.17, 15) is 10.1 Å². The zero-order chi connectivity index (χ0) is 20.6. The van der Waals surface area contributed by atoms with Gasteiger partial charge in [-0.25, -0.2) is 0 Å². The van der Waals surface area contributed by atoms with Crippen LogP contribution in [0.1, 0.15) is 16.7 Å². The number of amides is 1. The van der Waals surface area contributed by atoms with Crippen molar-refractivity contribution in [2.24, 2.45) is 0 Å². The molecular weight excluding hydrogens is 384 g/mol. The topological polar surface area (TPSA) is 62.1 Å². The van der Waals surface area contributed by atoms with Gasteiger partial charge in [-0.15, -0.1) is 0 Å². The van der Waals surface area contributed by atoms with Gasteiger partial charge in [0, 0.05) is 16.3 Å². The summed E-state index contributed by atoms with van der Waals surface area (Å²) in [5.41, 5.74) is 3.09. The van der Waals surface area contributed by atoms with Gasteiger partial charge in [0.25, 0.3) is 5.91 Å². The lowest BCUT2D eigenvalue weighted by Gasteiger charge is -2.11. The van der Waals surface area contributed by atoms with Gasteiger partial charge in [0.1, 0.15) is 24.0 Å². The van der Waals surface area contributed by atoms with Crippen LogP contribution in [-0.4, -0.2) is 5.91 Å². The van der Waals surface area contributed by atoms with Crippen LogP contribution < -0.4 is 10.1 Å². The van der Waals surface area contributed by atoms with Crippen molar-refractivity contribution >= 4 is 29.3 Å². The molecule has 3 aromatic carbocycles. The molecule has 0 unspecified atom stereocenters. The molecule has 1 N–H and O–H groups in total. The van der Waals surface area contributed by atoms with Gasteiger partial charge < -0.3 is 10.1 Å². The van der Waals surface area contributed by atoms with E-state index in [0.29, 0.717) is 28.6 Å². The summed E-state index contributed by atoms with van der Waals surface area (Å²) in [4.78, 5) is 12.6. The summed E-state index contributed by atoms with van der Waals surface area (Å²) in [7, 11) is 0. The molecule has 0 saturated carbocycles. The summed E-state index contributed by atoms with van der Waals surface area (Å²) < 4.78 is 5.90. The third-order valence-corrected chi connectivity index (χ3v) is 4.49. The van der Waals surface area contributed by atoms with Gasteiger partial charge >= 0.3 is 0 Å². The Morgan fingerprint density at radius 3 is 2.55 bits per heavy atom. The highest BCUT2D eigenvalue weighted by molar-refractivity contribution is 6.30. The number of rotatable bonds is 6. The zero-order valence-electron chi connectivity index (χ0n) is 15.9. The summed E-state index contributed by atoms with van der Waals surface area (Å²) in [6.45, 7) is 2.23. The molecule has 0 radical (unpaired) electrons. The zero-order valence-corrected chi connectivity index (χ0v) is 16.6. The van der Waals surface area contributed by atoms with E-state index in [0.717, 1.165) is 11.1 Å². The van der Waals surface area contributed by atoms with Gasteiger partial charge in [0.15, 0.2) is 0 Å². The Labute approximate surface area is 175 Å². The fourth-order valence-electron chi connectivity index (χ4n) is 2.73. The molecule has 0 aliphatic heterocycles. The number of ether oxygens (including phenoxy) is 1. The Balaban J connectivity index is 1.79. The first-order chi connectivity index (χ1) is 14.1. The molecule has 4 nitrogen and oxygen atoms in total. The highest BCUT2D eigenvalue weighted by Gasteiger charge is 2.12. The van der Waals surface area contributed by atoms with Gasteiger partial charge in [-0.05, 0) is 48.4 Å². The minimum atomic E-state index is -0.490. The van der Waals surface area contributed by atoms with Crippen LogP contribution in [0.3, 0.4) is 0 Å². The summed E-state index contributed by atoms with van der Waals surface area (Å²) in [6.07, 6.45) is 1.53. The Morgan fingerprint density at radius 1 is 1.10 bits per heavy atom. The largest absolute Gasteiger partial charge is 0.488 e. The number of aryl methyl sites for hydroxylation is 1. The van der Waals surface area contributed by atoms with Crippen molar-refractivity contribution in [2.45, 2.75) is 13.5 Å². The lowest BCUT2D eigenvalue weighted by atomic mass is 10.1. The molecular formula is C24H19ClN2O2. The average molecular weight is 403 g/mol. The van der Waals surface area contributed by atoms with Gasteiger partial charge in [0.05, 0.1) is 0 Å². The second kappa shape index (κ2) is 9.59. The number of benzene rings is 3. The van der Waals surface area contributed by atoms with Crippen molar-refractivity contribution in [1.29, 1.82) is 5.26 Å². The smallest absolute Gasteiger partial charge is 0.266 e. The lowest BCUT2D eigenvalue weighted by molar-refractivity contribution is -0.112. The maximum atomic E-state index is 12.6. The van der Waals surface area contributed by atoms with Crippen LogP contribution in [0.25, 0.3) is 6.08 Å². The van der Waals surface area contributed by atoms with Crippen molar-refractivity contribution in [1.82, 2.24) is 0 Å². The van der Waals surface area contributed by atoms with Crippen LogP contribution in [0.15, 0.2) is 78.4 Å². The number of nitrogens with one attached hydrogen (secondary N) is 1. The molecule has 0 spiro atoms. The minimum Gasteiger partial charge on any atom is -0.488 e. The summed E-state index contributed by atoms with van der Waals surface area (Å²) in [6, 6.07) is 24.2. The molecule has 5 heteroatoms. The molecule has 144 valence electrons. The third-order valence-electron chi connectivity index (χ3n) is 4.26. The Hall–Kier alpha value is -3.55. The van der Waals surface area contributed by atoms with Crippen LogP contribution in [0, 0.1) is 18.3 Å². The van der Waals surface area contributed by atoms with E-state index in [1.165, 1.54) is 6.08 Å². The van der Waals surface area contributed by atoms with E-state index in [2.05, 4.69) is 5.32 Å². The molecule has 0 fully saturated rings. The summed E-state index contributed by atoms with van der Waals surface area (Å²) in [5.74, 6) is 0.107. The second-order valence-electron chi connectivity index (χ2n) is 6.40. The van der Waals surface area contributed by atoms with Crippen LogP contribution in [0.4, 0.5) is 5.69 Å². The van der Waals surface area contributed by atoms with Crippen LogP contribution in [0.2, 0.25) is 5.02 Å². The molecule has 0 atom stereocenters. The van der Waals surface area contributed by atoms with Crippen molar-refractivity contribution in [3.05, 3.63) is 100 Å². The van der Waals surface area contributed by atoms with Crippen LogP contribution in [0.5, 0.6) is 5.75 Å². The predicted molar refractivity (Wildman–Crippen MR) is 116 cm³/mol. The maximum Gasteiger partial charge on any atom is 0.266 e. The molecule has 3 rings (SSSR count). The standard InChI is InChI=1S/C24H19ClN2O2/c1-17-13-21(25)11-12-22(17)27-24(28)20(15-26)14-19-9-5-6-10-23(19)29-16-18-7-3-2-4-8-18/h2-14H,16H2,1H3,(H,27,28)/b20-14+. The fourth-order valence-corrected chi connectivity index (χ4v) is 2.95. The first kappa shape index (κ1) is 20.2. The molecule has 1 amide bonds. The average Bonchev–Trinajstić information content (AvgIpc) is 2.74. The second-order valence-corrected chi connectivity index (χ2v) is 6.83. The molecule has 0 heterocycles. The van der Waals surface area contributed by atoms with Gasteiger partial charge in [-0.2, -0.15) is 5.26 Å². The van der Waals surface area contributed by atoms with Gasteiger partial charge in [0.2, 0.25) is 0 Å². The first-order valence-corrected chi connectivity index (χ1v) is 9.39. The van der Waals surface area contributed by atoms with Crippen LogP contribution in [-0.2, 0) is 11.4 Å². The SMILES string of the molecule is Cc1cc(Cl)ccc1NC(=O)/C(C#N)=C/c1ccccc1OCc1ccccc1. The number of carbonyl (C=O) groups excluding carboxylic acids is 1. The number of carbonyl (C=O) groups is 1. The van der Waals surface area contributed by atoms with E-state index in [1.807, 2.05) is 61.5 Å². The Morgan fingerprint density at radius 2 is 1.83 bits per heavy atom. The number of nitrogens with zero attached hydrogens (tertiary/aromatic N) is 1. The highest BCUT2D eigenvalue weighted by atomic mass is 35.5. The fraction of sp³-hybridized carbons (Fsp3) is 0.0833. The lowest BCUT2D eigenvalue weighted by Crippen LogP contribution is -2.14. The van der Waals surface area contributed by atoms with E-state index in [1.54, 1.807) is 24.3 Å². The number of hydrogen-bond acceptors (Lipinski definition) is 3. The molecule has 0 aliphatic rings. The van der Waals surface area contributed by atoms with Crippen molar-refractivity contribution < 1.29 is 9.53 Å². The molecule has 0 saturated heterocycles. The monoisotopic (exact) mass is 402 g/mol. The van der Waals surface area contributed by atoms with Crippen LogP contribution >= 0.6 is 11.6 Å². The summed E-state index contributed by atoms with van der Waals surface area (Å²) >= 11 is 5.95. The van der Waals surface area contributed by atoms with Gasteiger partial charge in [-0.1, -0.05) is 60.1 Å². The molecule has 29 heavy (non-hydrogen) atoms. The maximum absolute atomic E-state index is 12.6. The van der Waals surface area contributed by atoms with E-state index < -0.39 is 5.91 Å². The molecule has 0 aromatic heterocycles. The number of anilines is 1. The Kier molecular flexibility index (Phi) is 6.67. The van der Waals surface area contributed by atoms with Crippen molar-refractivity contribution in [3.63, 3.8) is 0 Å². The third kappa shape index (κ3) is 5.47. The minimum absolute atomic E-state index is 0.0184. The van der Waals surface area contributed by atoms with E-state index in [-0.39, 0.29) is 5.57 Å². The number of hydrogen-bond donors (Lipinski definition) is 1. The number of nitriles is 1. The van der Waals surface area contributed by atoms with E-state index >= 15 is 0 Å². The van der Waals surface area contributed by atoms with Crippen molar-refractivity contribution in [3.8, 4) is 11.8 Å². The Bertz CT molecular complexity index is 1090. The molecule has 0 aliphatic carbocycles. The number of halogens is 1. The normalized spacial score (nSPS) is 10.9. The van der Waals surface area contributed by atoms with Crippen molar-refractivity contribution in [2.75, 3.05) is 5.32 Å². The molecule has 0 bridgehead atoms.